The van der Waals surface area contributed by atoms with E-state index >= 15 is 0 Å². The monoisotopic (exact) mass is 330 g/mol. The molecule has 0 aromatic heterocycles. The Hall–Kier alpha value is -2.23. The third kappa shape index (κ3) is 3.01. The largest absolute Gasteiger partial charge is 0.507 e. The van der Waals surface area contributed by atoms with Crippen LogP contribution in [-0.2, 0) is 0 Å². The van der Waals surface area contributed by atoms with Crippen molar-refractivity contribution in [3.05, 3.63) is 70.2 Å². The summed E-state index contributed by atoms with van der Waals surface area (Å²) < 4.78 is 0. The Labute approximate surface area is 137 Å². The fraction of sp³-hybridized carbons (Fsp3) is 0. The normalized spacial score (nSPS) is 11.2. The zero-order valence-electron chi connectivity index (χ0n) is 11.4. The number of nitrogens with one attached hydrogen (secondary N) is 1. The van der Waals surface area contributed by atoms with Crippen LogP contribution in [0.25, 0.3) is 10.8 Å². The van der Waals surface area contributed by atoms with Crippen molar-refractivity contribution >= 4 is 45.9 Å². The molecule has 110 valence electrons. The average molecular weight is 331 g/mol. The molecule has 0 spiro atoms. The highest BCUT2D eigenvalue weighted by atomic mass is 35.5. The molecule has 5 heteroatoms. The SMILES string of the molecule is Oc1ccc2ccccc2c1/C=N/Nc1ccc(Cl)c(Cl)c1. The summed E-state index contributed by atoms with van der Waals surface area (Å²) >= 11 is 11.8. The van der Waals surface area contributed by atoms with Crippen molar-refractivity contribution < 1.29 is 5.11 Å². The lowest BCUT2D eigenvalue weighted by atomic mass is 10.0. The van der Waals surface area contributed by atoms with Crippen LogP contribution < -0.4 is 5.43 Å². The van der Waals surface area contributed by atoms with Crippen molar-refractivity contribution in [2.75, 3.05) is 5.43 Å². The van der Waals surface area contributed by atoms with Gasteiger partial charge in [0.05, 0.1) is 21.9 Å². The van der Waals surface area contributed by atoms with Gasteiger partial charge in [0, 0.05) is 5.56 Å². The van der Waals surface area contributed by atoms with Gasteiger partial charge in [0.2, 0.25) is 0 Å². The van der Waals surface area contributed by atoms with Gasteiger partial charge in [-0.05, 0) is 35.0 Å². The van der Waals surface area contributed by atoms with Crippen LogP contribution >= 0.6 is 23.2 Å². The molecule has 3 aromatic carbocycles. The van der Waals surface area contributed by atoms with E-state index in [0.717, 1.165) is 10.8 Å². The molecule has 3 aromatic rings. The number of rotatable bonds is 3. The molecule has 3 nitrogen and oxygen atoms in total. The molecule has 2 N–H and O–H groups in total. The van der Waals surface area contributed by atoms with Crippen LogP contribution in [0.1, 0.15) is 5.56 Å². The molecule has 0 atom stereocenters. The number of hydrazone groups is 1. The van der Waals surface area contributed by atoms with Crippen LogP contribution in [0.3, 0.4) is 0 Å². The molecule has 0 radical (unpaired) electrons. The minimum atomic E-state index is 0.179. The standard InChI is InChI=1S/C17H12Cl2N2O/c18-15-7-6-12(9-16(15)19)21-20-10-14-13-4-2-1-3-11(13)5-8-17(14)22/h1-10,21-22H/b20-10+. The molecule has 0 saturated heterocycles. The van der Waals surface area contributed by atoms with Gasteiger partial charge in [0.1, 0.15) is 5.75 Å². The second-order valence-corrected chi connectivity index (χ2v) is 5.53. The summed E-state index contributed by atoms with van der Waals surface area (Å²) in [6, 6.07) is 16.5. The highest BCUT2D eigenvalue weighted by Gasteiger charge is 2.04. The average Bonchev–Trinajstić information content (AvgIpc) is 2.53. The predicted octanol–water partition coefficient (Wildman–Crippen LogP) is 5.30. The molecular formula is C17H12Cl2N2O. The first kappa shape index (κ1) is 14.7. The fourth-order valence-electron chi connectivity index (χ4n) is 2.16. The van der Waals surface area contributed by atoms with E-state index in [1.807, 2.05) is 30.3 Å². The minimum Gasteiger partial charge on any atom is -0.507 e. The molecule has 0 aliphatic carbocycles. The molecule has 0 heterocycles. The summed E-state index contributed by atoms with van der Waals surface area (Å²) in [6.45, 7) is 0. The van der Waals surface area contributed by atoms with Crippen LogP contribution in [-0.4, -0.2) is 11.3 Å². The summed E-state index contributed by atoms with van der Waals surface area (Å²) in [4.78, 5) is 0. The maximum atomic E-state index is 10.0. The number of anilines is 1. The summed E-state index contributed by atoms with van der Waals surface area (Å²) in [5, 5.41) is 17.1. The Balaban J connectivity index is 1.89. The lowest BCUT2D eigenvalue weighted by molar-refractivity contribution is 0.475. The lowest BCUT2D eigenvalue weighted by Gasteiger charge is -2.05. The van der Waals surface area contributed by atoms with Crippen LogP contribution in [0, 0.1) is 0 Å². The first-order valence-corrected chi connectivity index (χ1v) is 7.35. The van der Waals surface area contributed by atoms with E-state index in [2.05, 4.69) is 10.5 Å². The predicted molar refractivity (Wildman–Crippen MR) is 93.3 cm³/mol. The fourth-order valence-corrected chi connectivity index (χ4v) is 2.45. The number of phenolic OH excluding ortho intramolecular Hbond substituents is 1. The number of hydrogen-bond acceptors (Lipinski definition) is 3. The molecule has 0 saturated carbocycles. The molecule has 0 fully saturated rings. The third-order valence-electron chi connectivity index (χ3n) is 3.25. The van der Waals surface area contributed by atoms with Gasteiger partial charge in [-0.25, -0.2) is 0 Å². The smallest absolute Gasteiger partial charge is 0.125 e. The zero-order valence-corrected chi connectivity index (χ0v) is 12.9. The summed E-state index contributed by atoms with van der Waals surface area (Å²) in [7, 11) is 0. The Bertz CT molecular complexity index is 862. The number of hydrogen-bond donors (Lipinski definition) is 2. The van der Waals surface area contributed by atoms with Gasteiger partial charge in [-0.3, -0.25) is 5.43 Å². The lowest BCUT2D eigenvalue weighted by Crippen LogP contribution is -1.92. The topological polar surface area (TPSA) is 44.6 Å². The van der Waals surface area contributed by atoms with Gasteiger partial charge >= 0.3 is 0 Å². The van der Waals surface area contributed by atoms with Crippen LogP contribution in [0.4, 0.5) is 5.69 Å². The first-order chi connectivity index (χ1) is 10.6. The molecule has 0 bridgehead atoms. The summed E-state index contributed by atoms with van der Waals surface area (Å²) in [6.07, 6.45) is 1.58. The van der Waals surface area contributed by atoms with Crippen molar-refractivity contribution in [1.82, 2.24) is 0 Å². The van der Waals surface area contributed by atoms with Crippen LogP contribution in [0.15, 0.2) is 59.7 Å². The van der Waals surface area contributed by atoms with Gasteiger partial charge in [0.15, 0.2) is 0 Å². The Morgan fingerprint density at radius 1 is 0.955 bits per heavy atom. The zero-order chi connectivity index (χ0) is 15.5. The third-order valence-corrected chi connectivity index (χ3v) is 3.99. The quantitative estimate of drug-likeness (QED) is 0.505. The van der Waals surface area contributed by atoms with E-state index in [0.29, 0.717) is 21.3 Å². The van der Waals surface area contributed by atoms with E-state index < -0.39 is 0 Å². The molecule has 22 heavy (non-hydrogen) atoms. The molecule has 0 aliphatic heterocycles. The molecule has 0 aliphatic rings. The molecule has 0 unspecified atom stereocenters. The van der Waals surface area contributed by atoms with E-state index in [-0.39, 0.29) is 5.75 Å². The minimum absolute atomic E-state index is 0.179. The highest BCUT2D eigenvalue weighted by Crippen LogP contribution is 2.26. The summed E-state index contributed by atoms with van der Waals surface area (Å²) in [5.41, 5.74) is 4.24. The summed E-state index contributed by atoms with van der Waals surface area (Å²) in [5.74, 6) is 0.179. The van der Waals surface area contributed by atoms with Gasteiger partial charge in [-0.2, -0.15) is 5.10 Å². The second-order valence-electron chi connectivity index (χ2n) is 4.72. The molecule has 3 rings (SSSR count). The van der Waals surface area contributed by atoms with E-state index in [1.54, 1.807) is 30.5 Å². The molecule has 0 amide bonds. The maximum absolute atomic E-state index is 10.0. The van der Waals surface area contributed by atoms with Crippen LogP contribution in [0.5, 0.6) is 5.75 Å². The highest BCUT2D eigenvalue weighted by molar-refractivity contribution is 6.42. The maximum Gasteiger partial charge on any atom is 0.125 e. The van der Waals surface area contributed by atoms with E-state index in [1.165, 1.54) is 0 Å². The second kappa shape index (κ2) is 6.26. The van der Waals surface area contributed by atoms with Crippen LogP contribution in [0.2, 0.25) is 10.0 Å². The Morgan fingerprint density at radius 2 is 1.77 bits per heavy atom. The number of aromatic hydroxyl groups is 1. The van der Waals surface area contributed by atoms with E-state index in [4.69, 9.17) is 23.2 Å². The number of halogens is 2. The molecular weight excluding hydrogens is 319 g/mol. The number of phenols is 1. The Morgan fingerprint density at radius 3 is 2.59 bits per heavy atom. The van der Waals surface area contributed by atoms with Crippen molar-refractivity contribution in [2.45, 2.75) is 0 Å². The Kier molecular flexibility index (Phi) is 4.18. The van der Waals surface area contributed by atoms with Gasteiger partial charge in [-0.1, -0.05) is 53.5 Å². The number of benzene rings is 3. The van der Waals surface area contributed by atoms with Crippen molar-refractivity contribution in [2.24, 2.45) is 5.10 Å². The van der Waals surface area contributed by atoms with Crippen molar-refractivity contribution in [1.29, 1.82) is 0 Å². The first-order valence-electron chi connectivity index (χ1n) is 6.60. The van der Waals surface area contributed by atoms with E-state index in [9.17, 15) is 5.11 Å². The van der Waals surface area contributed by atoms with Crippen molar-refractivity contribution in [3.63, 3.8) is 0 Å². The van der Waals surface area contributed by atoms with Gasteiger partial charge in [-0.15, -0.1) is 0 Å². The van der Waals surface area contributed by atoms with Crippen molar-refractivity contribution in [3.8, 4) is 5.75 Å². The number of nitrogens with zero attached hydrogens (tertiary/aromatic N) is 1. The number of fused-ring (bicyclic) bond motifs is 1. The van der Waals surface area contributed by atoms with Gasteiger partial charge in [0.25, 0.3) is 0 Å². The van der Waals surface area contributed by atoms with Gasteiger partial charge < -0.3 is 5.11 Å².